The molecule has 0 unspecified atom stereocenters. The van der Waals surface area contributed by atoms with E-state index in [4.69, 9.17) is 4.74 Å². The summed E-state index contributed by atoms with van der Waals surface area (Å²) in [5.41, 5.74) is 17.7. The van der Waals surface area contributed by atoms with Crippen molar-refractivity contribution in [3.05, 3.63) is 267 Å². The number of fused-ring (bicyclic) bond motifs is 2. The third-order valence-corrected chi connectivity index (χ3v) is 12.9. The van der Waals surface area contributed by atoms with Gasteiger partial charge in [0.25, 0.3) is 0 Å². The highest BCUT2D eigenvalue weighted by Crippen LogP contribution is 2.54. The molecule has 0 amide bonds. The normalized spacial score (nSPS) is 11.4. The Kier molecular flexibility index (Phi) is 10.2. The van der Waals surface area contributed by atoms with Gasteiger partial charge in [-0.05, 0) is 122 Å². The fourth-order valence-electron chi connectivity index (χ4n) is 9.51. The lowest BCUT2D eigenvalue weighted by Crippen LogP contribution is -2.13. The first kappa shape index (κ1) is 39.7. The second-order valence-corrected chi connectivity index (χ2v) is 16.9. The number of hydrogen-bond acceptors (Lipinski definition) is 3. The van der Waals surface area contributed by atoms with Crippen molar-refractivity contribution in [3.8, 4) is 67.1 Å². The van der Waals surface area contributed by atoms with Crippen LogP contribution in [0.4, 0.5) is 34.1 Å². The van der Waals surface area contributed by atoms with Gasteiger partial charge in [0.1, 0.15) is 5.75 Å². The molecule has 0 spiro atoms. The average Bonchev–Trinajstić information content (AvgIpc) is 3.41. The molecular weight excluding hydrogens is 813 g/mol. The Balaban J connectivity index is 0.984. The van der Waals surface area contributed by atoms with Gasteiger partial charge in [0, 0.05) is 45.5 Å². The molecule has 11 aromatic rings. The summed E-state index contributed by atoms with van der Waals surface area (Å²) in [5, 5.41) is 2.22. The molecule has 12 rings (SSSR count). The Morgan fingerprint density at radius 1 is 0.254 bits per heavy atom. The Labute approximate surface area is 391 Å². The summed E-state index contributed by atoms with van der Waals surface area (Å²) in [4.78, 5) is 4.66. The van der Waals surface area contributed by atoms with E-state index in [1.165, 1.54) is 33.4 Å². The highest BCUT2D eigenvalue weighted by molar-refractivity contribution is 6.08. The van der Waals surface area contributed by atoms with Gasteiger partial charge in [-0.2, -0.15) is 0 Å². The van der Waals surface area contributed by atoms with E-state index in [0.717, 1.165) is 78.6 Å². The molecule has 0 fully saturated rings. The third kappa shape index (κ3) is 7.59. The number of nitrogens with zero attached hydrogens (tertiary/aromatic N) is 2. The average molecular weight is 857 g/mol. The molecule has 1 aliphatic heterocycles. The van der Waals surface area contributed by atoms with Crippen LogP contribution in [0.1, 0.15) is 0 Å². The minimum absolute atomic E-state index is 0.801. The monoisotopic (exact) mass is 856 g/mol. The first-order chi connectivity index (χ1) is 33.2. The van der Waals surface area contributed by atoms with Crippen molar-refractivity contribution in [2.24, 2.45) is 0 Å². The number of rotatable bonds is 10. The zero-order valence-electron chi connectivity index (χ0n) is 36.7. The van der Waals surface area contributed by atoms with E-state index in [1.807, 2.05) is 0 Å². The number of ether oxygens (including phenoxy) is 1. The van der Waals surface area contributed by atoms with Gasteiger partial charge in [-0.15, -0.1) is 0 Å². The topological polar surface area (TPSA) is 15.7 Å². The van der Waals surface area contributed by atoms with Crippen LogP contribution >= 0.6 is 0 Å². The van der Waals surface area contributed by atoms with Crippen LogP contribution in [0.3, 0.4) is 0 Å². The van der Waals surface area contributed by atoms with Gasteiger partial charge < -0.3 is 14.5 Å². The molecule has 0 saturated heterocycles. The third-order valence-electron chi connectivity index (χ3n) is 12.9. The highest BCUT2D eigenvalue weighted by Gasteiger charge is 2.28. The van der Waals surface area contributed by atoms with Crippen LogP contribution < -0.4 is 14.5 Å². The number of hydrogen-bond donors (Lipinski definition) is 0. The molecule has 0 atom stereocenters. The maximum absolute atomic E-state index is 7.34. The van der Waals surface area contributed by atoms with E-state index in [1.54, 1.807) is 0 Å². The maximum atomic E-state index is 7.34. The lowest BCUT2D eigenvalue weighted by atomic mass is 9.93. The van der Waals surface area contributed by atoms with Crippen LogP contribution in [0.25, 0.3) is 66.4 Å². The first-order valence-corrected chi connectivity index (χ1v) is 22.8. The van der Waals surface area contributed by atoms with E-state index in [-0.39, 0.29) is 0 Å². The molecule has 3 heteroatoms. The summed E-state index contributed by atoms with van der Waals surface area (Å²) < 4.78 is 7.34. The first-order valence-electron chi connectivity index (χ1n) is 22.8. The molecule has 0 bridgehead atoms. The summed E-state index contributed by atoms with van der Waals surface area (Å²) in [6.07, 6.45) is 0. The molecule has 11 aromatic carbocycles. The fraction of sp³-hybridized carbons (Fsp3) is 0. The van der Waals surface area contributed by atoms with E-state index < -0.39 is 0 Å². The molecular formula is C64H44N2O. The highest BCUT2D eigenvalue weighted by atomic mass is 16.5. The quantitative estimate of drug-likeness (QED) is 0.136. The van der Waals surface area contributed by atoms with Crippen LogP contribution in [-0.2, 0) is 0 Å². The molecule has 1 aliphatic rings. The van der Waals surface area contributed by atoms with Gasteiger partial charge in [-0.1, -0.05) is 194 Å². The van der Waals surface area contributed by atoms with Crippen molar-refractivity contribution in [3.63, 3.8) is 0 Å². The maximum Gasteiger partial charge on any atom is 0.159 e. The van der Waals surface area contributed by atoms with Gasteiger partial charge in [-0.25, -0.2) is 0 Å². The Morgan fingerprint density at radius 3 is 1.04 bits per heavy atom. The van der Waals surface area contributed by atoms with Crippen molar-refractivity contribution < 1.29 is 4.74 Å². The van der Waals surface area contributed by atoms with Crippen molar-refractivity contribution in [2.45, 2.75) is 0 Å². The summed E-state index contributed by atoms with van der Waals surface area (Å²) in [5.74, 6) is 1.62. The molecule has 0 aromatic heterocycles. The largest absolute Gasteiger partial charge is 0.454 e. The molecule has 0 N–H and O–H groups in total. The molecule has 0 radical (unpaired) electrons. The predicted octanol–water partition coefficient (Wildman–Crippen LogP) is 18.2. The van der Waals surface area contributed by atoms with Crippen molar-refractivity contribution in [1.82, 2.24) is 0 Å². The van der Waals surface area contributed by atoms with Crippen LogP contribution in [0.15, 0.2) is 267 Å². The van der Waals surface area contributed by atoms with E-state index >= 15 is 0 Å². The smallest absolute Gasteiger partial charge is 0.159 e. The summed E-state index contributed by atoms with van der Waals surface area (Å²) >= 11 is 0. The van der Waals surface area contributed by atoms with Gasteiger partial charge in [-0.3, -0.25) is 0 Å². The molecule has 3 nitrogen and oxygen atoms in total. The standard InChI is InChI=1S/C64H44N2O/c1-5-14-45(15-6-1)49-24-33-54(34-25-49)65(55-35-26-50(27-36-55)46-16-7-2-8-17-46)58-41-42-59-60-23-13-22-53-32-43-61(64(63(53)60)67-62(59)44-58)66(56-37-28-51(29-38-56)47-18-9-3-10-19-47)57-39-30-52(31-40-57)48-20-11-4-12-21-48/h1-44H. The van der Waals surface area contributed by atoms with Gasteiger partial charge >= 0.3 is 0 Å². The summed E-state index contributed by atoms with van der Waals surface area (Å²) in [7, 11) is 0. The van der Waals surface area contributed by atoms with Gasteiger partial charge in [0.2, 0.25) is 0 Å². The Hall–Kier alpha value is -8.92. The van der Waals surface area contributed by atoms with Gasteiger partial charge in [0.05, 0.1) is 5.69 Å². The lowest BCUT2D eigenvalue weighted by Gasteiger charge is -2.32. The second kappa shape index (κ2) is 17.2. The lowest BCUT2D eigenvalue weighted by molar-refractivity contribution is 0.488. The SMILES string of the molecule is c1ccc(-c2ccc(N(c3ccc(-c4ccccc4)cc3)c3ccc4c(c3)Oc3c(N(c5ccc(-c6ccccc6)cc5)c5ccc(-c6ccccc6)cc5)ccc5cccc-4c35)cc2)cc1. The minimum atomic E-state index is 0.801. The van der Waals surface area contributed by atoms with E-state index in [9.17, 15) is 0 Å². The molecule has 67 heavy (non-hydrogen) atoms. The predicted molar refractivity (Wildman–Crippen MR) is 281 cm³/mol. The van der Waals surface area contributed by atoms with Gasteiger partial charge in [0.15, 0.2) is 5.75 Å². The van der Waals surface area contributed by atoms with Crippen LogP contribution in [0.2, 0.25) is 0 Å². The molecule has 316 valence electrons. The second-order valence-electron chi connectivity index (χ2n) is 16.9. The molecule has 0 saturated carbocycles. The zero-order valence-corrected chi connectivity index (χ0v) is 36.7. The van der Waals surface area contributed by atoms with Crippen molar-refractivity contribution in [2.75, 3.05) is 9.80 Å². The van der Waals surface area contributed by atoms with Crippen molar-refractivity contribution in [1.29, 1.82) is 0 Å². The van der Waals surface area contributed by atoms with Crippen LogP contribution in [-0.4, -0.2) is 0 Å². The van der Waals surface area contributed by atoms with E-state index in [0.29, 0.717) is 0 Å². The number of benzene rings is 11. The molecule has 1 heterocycles. The summed E-state index contributed by atoms with van der Waals surface area (Å²) in [6.45, 7) is 0. The van der Waals surface area contributed by atoms with Crippen LogP contribution in [0.5, 0.6) is 11.5 Å². The fourth-order valence-corrected chi connectivity index (χ4v) is 9.51. The van der Waals surface area contributed by atoms with E-state index in [2.05, 4.69) is 277 Å². The Morgan fingerprint density at radius 2 is 0.627 bits per heavy atom. The minimum Gasteiger partial charge on any atom is -0.454 e. The Bertz CT molecular complexity index is 3320. The van der Waals surface area contributed by atoms with Crippen molar-refractivity contribution >= 4 is 44.9 Å². The zero-order chi connectivity index (χ0) is 44.5. The summed E-state index contributed by atoms with van der Waals surface area (Å²) in [6, 6.07) is 95.3. The number of anilines is 6. The molecule has 0 aliphatic carbocycles. The van der Waals surface area contributed by atoms with Crippen LogP contribution in [0, 0.1) is 0 Å².